The van der Waals surface area contributed by atoms with Crippen LogP contribution in [0.2, 0.25) is 0 Å². The van der Waals surface area contributed by atoms with Gasteiger partial charge >= 0.3 is 0 Å². The summed E-state index contributed by atoms with van der Waals surface area (Å²) >= 11 is 0. The van der Waals surface area contributed by atoms with Crippen molar-refractivity contribution in [2.24, 2.45) is 0 Å². The number of nitrogens with one attached hydrogen (secondary N) is 1. The molecule has 0 atom stereocenters. The highest BCUT2D eigenvalue weighted by Crippen LogP contribution is 2.26. The van der Waals surface area contributed by atoms with Gasteiger partial charge in [-0.3, -0.25) is 4.68 Å². The molecule has 0 amide bonds. The molecule has 0 saturated carbocycles. The van der Waals surface area contributed by atoms with E-state index >= 15 is 0 Å². The molecule has 0 aliphatic carbocycles. The molecule has 0 fully saturated rings. The van der Waals surface area contributed by atoms with Crippen LogP contribution in [0, 0.1) is 0 Å². The summed E-state index contributed by atoms with van der Waals surface area (Å²) in [6.07, 6.45) is 5.42. The number of rotatable bonds is 5. The fourth-order valence-electron chi connectivity index (χ4n) is 2.91. The monoisotopic (exact) mass is 350 g/mol. The summed E-state index contributed by atoms with van der Waals surface area (Å²) in [5.74, 6) is 0.704. The molecule has 3 heterocycles. The first kappa shape index (κ1) is 16.8. The lowest BCUT2D eigenvalue weighted by molar-refractivity contribution is 0.494. The molecular formula is C15H22N6O2S. The van der Waals surface area contributed by atoms with E-state index in [4.69, 9.17) is 0 Å². The second-order valence-electron chi connectivity index (χ2n) is 6.22. The molecule has 1 aliphatic rings. The third-order valence-electron chi connectivity index (χ3n) is 4.00. The quantitative estimate of drug-likeness (QED) is 0.860. The number of fused-ring (bicyclic) bond motifs is 1. The number of anilines is 1. The van der Waals surface area contributed by atoms with E-state index in [0.717, 1.165) is 36.2 Å². The molecule has 8 nitrogen and oxygen atoms in total. The van der Waals surface area contributed by atoms with Gasteiger partial charge in [-0.05, 0) is 26.3 Å². The molecule has 0 spiro atoms. The first-order valence-corrected chi connectivity index (χ1v) is 9.80. The minimum absolute atomic E-state index is 0.197. The van der Waals surface area contributed by atoms with Gasteiger partial charge in [0.25, 0.3) is 0 Å². The van der Waals surface area contributed by atoms with Gasteiger partial charge in [-0.2, -0.15) is 5.10 Å². The second-order valence-corrected chi connectivity index (χ2v) is 8.06. The Labute approximate surface area is 142 Å². The van der Waals surface area contributed by atoms with Crippen molar-refractivity contribution in [2.75, 3.05) is 17.7 Å². The van der Waals surface area contributed by atoms with Crippen LogP contribution >= 0.6 is 0 Å². The highest BCUT2D eigenvalue weighted by Gasteiger charge is 2.27. The van der Waals surface area contributed by atoms with Gasteiger partial charge in [0.15, 0.2) is 0 Å². The molecule has 2 aromatic rings. The van der Waals surface area contributed by atoms with E-state index in [9.17, 15) is 8.42 Å². The van der Waals surface area contributed by atoms with Gasteiger partial charge in [0, 0.05) is 30.5 Å². The van der Waals surface area contributed by atoms with E-state index < -0.39 is 10.0 Å². The SMILES string of the molecule is CC(C)n1nc(CNS(C)(=O)=O)c2c1CN(c1ncccn1)CC2. The lowest BCUT2D eigenvalue weighted by Crippen LogP contribution is -2.33. The second kappa shape index (κ2) is 6.48. The maximum absolute atomic E-state index is 11.4. The maximum Gasteiger partial charge on any atom is 0.225 e. The number of nitrogens with zero attached hydrogens (tertiary/aromatic N) is 5. The smallest absolute Gasteiger partial charge is 0.225 e. The van der Waals surface area contributed by atoms with Crippen LogP contribution in [0.4, 0.5) is 5.95 Å². The van der Waals surface area contributed by atoms with Crippen LogP contribution in [0.25, 0.3) is 0 Å². The van der Waals surface area contributed by atoms with Crippen LogP contribution in [0.3, 0.4) is 0 Å². The van der Waals surface area contributed by atoms with Gasteiger partial charge in [-0.25, -0.2) is 23.1 Å². The zero-order chi connectivity index (χ0) is 17.3. The molecule has 0 saturated heterocycles. The predicted octanol–water partition coefficient (Wildman–Crippen LogP) is 0.866. The first-order chi connectivity index (χ1) is 11.3. The first-order valence-electron chi connectivity index (χ1n) is 7.91. The molecule has 0 aromatic carbocycles. The van der Waals surface area contributed by atoms with Crippen molar-refractivity contribution in [3.63, 3.8) is 0 Å². The standard InChI is InChI=1S/C15H22N6O2S/c1-11(2)21-14-10-20(15-16-6-4-7-17-15)8-5-12(14)13(19-21)9-18-24(3,22)23/h4,6-7,11,18H,5,8-10H2,1-3H3. The highest BCUT2D eigenvalue weighted by molar-refractivity contribution is 7.88. The summed E-state index contributed by atoms with van der Waals surface area (Å²) in [6, 6.07) is 1.99. The largest absolute Gasteiger partial charge is 0.335 e. The average Bonchev–Trinajstić information content (AvgIpc) is 2.91. The van der Waals surface area contributed by atoms with Crippen LogP contribution < -0.4 is 9.62 Å². The van der Waals surface area contributed by atoms with Crippen LogP contribution in [0.1, 0.15) is 36.8 Å². The van der Waals surface area contributed by atoms with Crippen molar-refractivity contribution in [1.82, 2.24) is 24.5 Å². The summed E-state index contributed by atoms with van der Waals surface area (Å²) < 4.78 is 27.3. The summed E-state index contributed by atoms with van der Waals surface area (Å²) in [4.78, 5) is 10.8. The summed E-state index contributed by atoms with van der Waals surface area (Å²) in [5.41, 5.74) is 3.04. The normalized spacial score (nSPS) is 14.9. The van der Waals surface area contributed by atoms with Gasteiger partial charge in [-0.1, -0.05) is 0 Å². The molecule has 0 radical (unpaired) electrons. The number of aromatic nitrogens is 4. The van der Waals surface area contributed by atoms with Gasteiger partial charge in [-0.15, -0.1) is 0 Å². The lowest BCUT2D eigenvalue weighted by atomic mass is 10.0. The average molecular weight is 350 g/mol. The summed E-state index contributed by atoms with van der Waals surface area (Å²) in [7, 11) is -3.24. The molecule has 9 heteroatoms. The Bertz CT molecular complexity index is 816. The van der Waals surface area contributed by atoms with E-state index in [1.54, 1.807) is 18.5 Å². The zero-order valence-corrected chi connectivity index (χ0v) is 14.9. The summed E-state index contributed by atoms with van der Waals surface area (Å²) in [5, 5.41) is 4.64. The minimum Gasteiger partial charge on any atom is -0.335 e. The van der Waals surface area contributed by atoms with E-state index in [-0.39, 0.29) is 12.6 Å². The summed E-state index contributed by atoms with van der Waals surface area (Å²) in [6.45, 7) is 5.82. The highest BCUT2D eigenvalue weighted by atomic mass is 32.2. The molecule has 3 rings (SSSR count). The van der Waals surface area contributed by atoms with Gasteiger partial charge in [0.1, 0.15) is 0 Å². The van der Waals surface area contributed by atoms with Crippen LogP contribution in [0.15, 0.2) is 18.5 Å². The van der Waals surface area contributed by atoms with Crippen LogP contribution in [0.5, 0.6) is 0 Å². The van der Waals surface area contributed by atoms with Gasteiger partial charge in [0.2, 0.25) is 16.0 Å². The van der Waals surface area contributed by atoms with Crippen molar-refractivity contribution < 1.29 is 8.42 Å². The lowest BCUT2D eigenvalue weighted by Gasteiger charge is -2.28. The minimum atomic E-state index is -3.24. The van der Waals surface area contributed by atoms with Crippen molar-refractivity contribution in [1.29, 1.82) is 0 Å². The fraction of sp³-hybridized carbons (Fsp3) is 0.533. The Balaban J connectivity index is 1.90. The van der Waals surface area contributed by atoms with Gasteiger partial charge < -0.3 is 4.90 Å². The van der Waals surface area contributed by atoms with E-state index in [2.05, 4.69) is 38.5 Å². The molecule has 1 aliphatic heterocycles. The maximum atomic E-state index is 11.4. The predicted molar refractivity (Wildman–Crippen MR) is 91.1 cm³/mol. The van der Waals surface area contributed by atoms with E-state index in [1.165, 1.54) is 0 Å². The Hall–Kier alpha value is -2.00. The van der Waals surface area contributed by atoms with E-state index in [1.807, 2.05) is 4.68 Å². The van der Waals surface area contributed by atoms with Crippen molar-refractivity contribution in [2.45, 2.75) is 39.4 Å². The topological polar surface area (TPSA) is 93.0 Å². The zero-order valence-electron chi connectivity index (χ0n) is 14.1. The fourth-order valence-corrected chi connectivity index (χ4v) is 3.31. The molecule has 130 valence electrons. The third kappa shape index (κ3) is 3.57. The van der Waals surface area contributed by atoms with Crippen LogP contribution in [-0.4, -0.2) is 41.0 Å². The Morgan fingerprint density at radius 2 is 2.00 bits per heavy atom. The van der Waals surface area contributed by atoms with Crippen molar-refractivity contribution in [3.05, 3.63) is 35.4 Å². The molecule has 0 unspecified atom stereocenters. The molecule has 24 heavy (non-hydrogen) atoms. The molecule has 0 bridgehead atoms. The van der Waals surface area contributed by atoms with Crippen molar-refractivity contribution in [3.8, 4) is 0 Å². The van der Waals surface area contributed by atoms with Crippen LogP contribution in [-0.2, 0) is 29.5 Å². The van der Waals surface area contributed by atoms with Crippen molar-refractivity contribution >= 4 is 16.0 Å². The molecule has 2 aromatic heterocycles. The molecule has 1 N–H and O–H groups in total. The Kier molecular flexibility index (Phi) is 4.55. The third-order valence-corrected chi connectivity index (χ3v) is 4.67. The number of sulfonamides is 1. The van der Waals surface area contributed by atoms with Gasteiger partial charge in [0.05, 0.1) is 30.7 Å². The Morgan fingerprint density at radius 1 is 1.29 bits per heavy atom. The van der Waals surface area contributed by atoms with E-state index in [0.29, 0.717) is 12.5 Å². The molecular weight excluding hydrogens is 328 g/mol. The number of hydrogen-bond donors (Lipinski definition) is 1. The number of hydrogen-bond acceptors (Lipinski definition) is 6. The Morgan fingerprint density at radius 3 is 2.62 bits per heavy atom.